The number of fused-ring (bicyclic) bond motifs is 1. The zero-order valence-electron chi connectivity index (χ0n) is 12.1. The molecule has 1 heterocycles. The number of hydrogen-bond acceptors (Lipinski definition) is 2. The van der Waals surface area contributed by atoms with Crippen molar-refractivity contribution in [1.29, 1.82) is 0 Å². The van der Waals surface area contributed by atoms with Crippen molar-refractivity contribution in [3.63, 3.8) is 0 Å². The molecule has 4 heteroatoms. The molecule has 4 nitrogen and oxygen atoms in total. The number of benzene rings is 1. The van der Waals surface area contributed by atoms with E-state index in [0.29, 0.717) is 25.3 Å². The number of likely N-dealkylation sites (tertiary alicyclic amines) is 1. The van der Waals surface area contributed by atoms with Crippen LogP contribution in [0.4, 0.5) is 0 Å². The molecule has 112 valence electrons. The molecule has 1 aliphatic heterocycles. The molecular weight excluding hydrogens is 266 g/mol. The highest BCUT2D eigenvalue weighted by molar-refractivity contribution is 5.84. The lowest BCUT2D eigenvalue weighted by atomic mass is 9.97. The van der Waals surface area contributed by atoms with E-state index in [1.165, 1.54) is 11.1 Å². The molecule has 1 fully saturated rings. The number of carboxylic acids is 1. The van der Waals surface area contributed by atoms with E-state index in [-0.39, 0.29) is 5.91 Å². The Morgan fingerprint density at radius 2 is 1.81 bits per heavy atom. The second kappa shape index (κ2) is 5.88. The summed E-state index contributed by atoms with van der Waals surface area (Å²) >= 11 is 0. The summed E-state index contributed by atoms with van der Waals surface area (Å²) in [6.07, 6.45) is 4.75. The van der Waals surface area contributed by atoms with Gasteiger partial charge in [-0.25, -0.2) is 4.79 Å². The Kier molecular flexibility index (Phi) is 3.95. The molecule has 1 N–H and O–H groups in total. The quantitative estimate of drug-likeness (QED) is 0.927. The smallest absolute Gasteiger partial charge is 0.326 e. The number of nitrogens with zero attached hydrogens (tertiary/aromatic N) is 1. The standard InChI is InChI=1S/C17H21NO3/c19-16(18-8-4-3-7-15(18)17(20)21)11-12-9-13-5-1-2-6-14(13)10-12/h1-2,5-6,12,15H,3-4,7-11H2,(H,20,21). The van der Waals surface area contributed by atoms with Gasteiger partial charge in [-0.05, 0) is 49.1 Å². The van der Waals surface area contributed by atoms with Crippen molar-refractivity contribution < 1.29 is 14.7 Å². The monoisotopic (exact) mass is 287 g/mol. The van der Waals surface area contributed by atoms with E-state index in [9.17, 15) is 14.7 Å². The van der Waals surface area contributed by atoms with Gasteiger partial charge in [-0.1, -0.05) is 24.3 Å². The number of amides is 1. The van der Waals surface area contributed by atoms with E-state index in [1.54, 1.807) is 4.90 Å². The molecule has 2 aliphatic rings. The van der Waals surface area contributed by atoms with E-state index >= 15 is 0 Å². The van der Waals surface area contributed by atoms with Crippen LogP contribution in [0.5, 0.6) is 0 Å². The molecule has 1 aromatic rings. The topological polar surface area (TPSA) is 57.6 Å². The van der Waals surface area contributed by atoms with Crippen LogP contribution in [0.3, 0.4) is 0 Å². The average Bonchev–Trinajstić information content (AvgIpc) is 2.89. The number of carbonyl (C=O) groups excluding carboxylic acids is 1. The van der Waals surface area contributed by atoms with Crippen LogP contribution >= 0.6 is 0 Å². The molecule has 0 bridgehead atoms. The van der Waals surface area contributed by atoms with Gasteiger partial charge in [0.15, 0.2) is 0 Å². The summed E-state index contributed by atoms with van der Waals surface area (Å²) in [6.45, 7) is 0.593. The van der Waals surface area contributed by atoms with Crippen molar-refractivity contribution in [2.45, 2.75) is 44.6 Å². The van der Waals surface area contributed by atoms with E-state index in [2.05, 4.69) is 12.1 Å². The summed E-state index contributed by atoms with van der Waals surface area (Å²) in [6, 6.07) is 7.71. The van der Waals surface area contributed by atoms with Crippen LogP contribution in [-0.2, 0) is 22.4 Å². The van der Waals surface area contributed by atoms with E-state index in [4.69, 9.17) is 0 Å². The fraction of sp³-hybridized carbons (Fsp3) is 0.529. The van der Waals surface area contributed by atoms with Gasteiger partial charge in [0.05, 0.1) is 0 Å². The molecule has 0 saturated carbocycles. The summed E-state index contributed by atoms with van der Waals surface area (Å²) in [5.74, 6) is -0.524. The summed E-state index contributed by atoms with van der Waals surface area (Å²) in [5, 5.41) is 9.27. The number of piperidine rings is 1. The maximum Gasteiger partial charge on any atom is 0.326 e. The van der Waals surface area contributed by atoms with Crippen LogP contribution in [0.15, 0.2) is 24.3 Å². The fourth-order valence-electron chi connectivity index (χ4n) is 3.65. The zero-order valence-corrected chi connectivity index (χ0v) is 12.1. The van der Waals surface area contributed by atoms with Gasteiger partial charge in [0.2, 0.25) is 5.91 Å². The maximum atomic E-state index is 12.5. The van der Waals surface area contributed by atoms with Gasteiger partial charge in [0.25, 0.3) is 0 Å². The first-order valence-electron chi connectivity index (χ1n) is 7.74. The predicted octanol–water partition coefficient (Wildman–Crippen LogP) is 2.26. The number of aliphatic carboxylic acids is 1. The molecule has 1 atom stereocenters. The summed E-state index contributed by atoms with van der Waals surface area (Å²) < 4.78 is 0. The van der Waals surface area contributed by atoms with Gasteiger partial charge in [0.1, 0.15) is 6.04 Å². The second-order valence-electron chi connectivity index (χ2n) is 6.18. The van der Waals surface area contributed by atoms with Crippen LogP contribution < -0.4 is 0 Å². The third kappa shape index (κ3) is 2.94. The molecule has 21 heavy (non-hydrogen) atoms. The number of carboxylic acid groups (broad SMARTS) is 1. The lowest BCUT2D eigenvalue weighted by molar-refractivity contribution is -0.152. The highest BCUT2D eigenvalue weighted by Crippen LogP contribution is 2.30. The minimum atomic E-state index is -0.863. The maximum absolute atomic E-state index is 12.5. The highest BCUT2D eigenvalue weighted by Gasteiger charge is 2.33. The minimum absolute atomic E-state index is 0.0138. The van der Waals surface area contributed by atoms with Crippen LogP contribution in [0.1, 0.15) is 36.8 Å². The van der Waals surface area contributed by atoms with Gasteiger partial charge in [-0.2, -0.15) is 0 Å². The van der Waals surface area contributed by atoms with Crippen molar-refractivity contribution in [2.75, 3.05) is 6.54 Å². The first-order valence-corrected chi connectivity index (χ1v) is 7.74. The van der Waals surface area contributed by atoms with Crippen molar-refractivity contribution in [3.8, 4) is 0 Å². The summed E-state index contributed by atoms with van der Waals surface area (Å²) in [4.78, 5) is 25.4. The molecule has 3 rings (SSSR count). The van der Waals surface area contributed by atoms with Gasteiger partial charge in [0, 0.05) is 13.0 Å². The van der Waals surface area contributed by atoms with Gasteiger partial charge >= 0.3 is 5.97 Å². The van der Waals surface area contributed by atoms with Crippen molar-refractivity contribution in [1.82, 2.24) is 4.90 Å². The summed E-state index contributed by atoms with van der Waals surface area (Å²) in [7, 11) is 0. The molecule has 0 spiro atoms. The molecule has 1 unspecified atom stereocenters. The Labute approximate surface area is 124 Å². The lowest BCUT2D eigenvalue weighted by Gasteiger charge is -2.33. The fourth-order valence-corrected chi connectivity index (χ4v) is 3.65. The Morgan fingerprint density at radius 3 is 2.43 bits per heavy atom. The predicted molar refractivity (Wildman–Crippen MR) is 78.9 cm³/mol. The van der Waals surface area contributed by atoms with Crippen molar-refractivity contribution in [2.24, 2.45) is 5.92 Å². The van der Waals surface area contributed by atoms with Crippen LogP contribution in [0.25, 0.3) is 0 Å². The molecule has 1 aliphatic carbocycles. The van der Waals surface area contributed by atoms with Crippen LogP contribution in [0, 0.1) is 5.92 Å². The van der Waals surface area contributed by atoms with E-state index in [1.807, 2.05) is 12.1 Å². The van der Waals surface area contributed by atoms with Crippen molar-refractivity contribution in [3.05, 3.63) is 35.4 Å². The number of hydrogen-bond donors (Lipinski definition) is 1. The Balaban J connectivity index is 1.63. The third-order valence-corrected chi connectivity index (χ3v) is 4.71. The van der Waals surface area contributed by atoms with Gasteiger partial charge in [-0.3, -0.25) is 4.79 Å². The van der Waals surface area contributed by atoms with Gasteiger partial charge in [-0.15, -0.1) is 0 Å². The van der Waals surface area contributed by atoms with Crippen molar-refractivity contribution >= 4 is 11.9 Å². The number of rotatable bonds is 3. The largest absolute Gasteiger partial charge is 0.480 e. The average molecular weight is 287 g/mol. The first kappa shape index (κ1) is 14.1. The SMILES string of the molecule is O=C(O)C1CCCCN1C(=O)CC1Cc2ccccc2C1. The molecular formula is C17H21NO3. The van der Waals surface area contributed by atoms with Crippen LogP contribution in [0.2, 0.25) is 0 Å². The second-order valence-corrected chi connectivity index (χ2v) is 6.18. The van der Waals surface area contributed by atoms with E-state index < -0.39 is 12.0 Å². The van der Waals surface area contributed by atoms with Gasteiger partial charge < -0.3 is 10.0 Å². The zero-order chi connectivity index (χ0) is 14.8. The Hall–Kier alpha value is -1.84. The lowest BCUT2D eigenvalue weighted by Crippen LogP contribution is -2.48. The third-order valence-electron chi connectivity index (χ3n) is 4.71. The normalized spacial score (nSPS) is 22.1. The minimum Gasteiger partial charge on any atom is -0.480 e. The molecule has 1 aromatic carbocycles. The van der Waals surface area contributed by atoms with Crippen LogP contribution in [-0.4, -0.2) is 34.5 Å². The number of carbonyl (C=O) groups is 2. The molecule has 0 aromatic heterocycles. The Morgan fingerprint density at radius 1 is 1.14 bits per heavy atom. The highest BCUT2D eigenvalue weighted by atomic mass is 16.4. The molecule has 1 saturated heterocycles. The van der Waals surface area contributed by atoms with E-state index in [0.717, 1.165) is 25.7 Å². The Bertz CT molecular complexity index is 530. The summed E-state index contributed by atoms with van der Waals surface area (Å²) in [5.41, 5.74) is 2.67. The molecule has 1 amide bonds. The first-order chi connectivity index (χ1) is 10.1. The molecule has 0 radical (unpaired) electrons.